The Hall–Kier alpha value is -4.01. The minimum absolute atomic E-state index is 0.221. The molecular weight excluding hydrogens is 506 g/mol. The van der Waals surface area contributed by atoms with E-state index in [1.54, 1.807) is 6.92 Å². The van der Waals surface area contributed by atoms with Crippen molar-refractivity contribution in [3.63, 3.8) is 0 Å². The number of morpholine rings is 1. The summed E-state index contributed by atoms with van der Waals surface area (Å²) in [6, 6.07) is 24.1. The van der Waals surface area contributed by atoms with Crippen molar-refractivity contribution in [2.24, 2.45) is 0 Å². The monoisotopic (exact) mass is 541 g/mol. The first-order valence-electron chi connectivity index (χ1n) is 13.9. The van der Waals surface area contributed by atoms with Gasteiger partial charge in [-0.3, -0.25) is 9.69 Å². The summed E-state index contributed by atoms with van der Waals surface area (Å²) in [5, 5.41) is 2.16. The molecule has 0 saturated carbocycles. The molecule has 1 aromatic heterocycles. The Bertz CT molecular complexity index is 1410. The van der Waals surface area contributed by atoms with Gasteiger partial charge in [-0.25, -0.2) is 4.98 Å². The van der Waals surface area contributed by atoms with E-state index in [1.165, 1.54) is 0 Å². The summed E-state index contributed by atoms with van der Waals surface area (Å²) < 4.78 is 22.4. The van der Waals surface area contributed by atoms with Gasteiger partial charge in [0.1, 0.15) is 12.4 Å². The van der Waals surface area contributed by atoms with Crippen LogP contribution < -0.4 is 9.47 Å². The number of carbonyl (C=O) groups excluding carboxylic acids is 1. The summed E-state index contributed by atoms with van der Waals surface area (Å²) in [4.78, 5) is 23.6. The van der Waals surface area contributed by atoms with Crippen LogP contribution in [-0.4, -0.2) is 73.5 Å². The van der Waals surface area contributed by atoms with Gasteiger partial charge in [0.05, 0.1) is 32.1 Å². The molecule has 1 aliphatic heterocycles. The number of fused-ring (bicyclic) bond motifs is 1. The molecule has 8 heteroatoms. The van der Waals surface area contributed by atoms with Gasteiger partial charge in [-0.1, -0.05) is 48.5 Å². The Labute approximate surface area is 234 Å². The Kier molecular flexibility index (Phi) is 9.55. The Morgan fingerprint density at radius 2 is 1.68 bits per heavy atom. The number of aromatic nitrogens is 2. The normalized spacial score (nSPS) is 13.7. The number of hydrogen-bond donors (Lipinski definition) is 0. The molecule has 0 spiro atoms. The molecule has 0 bridgehead atoms. The predicted octanol–water partition coefficient (Wildman–Crippen LogP) is 5.40. The van der Waals surface area contributed by atoms with Crippen molar-refractivity contribution in [2.75, 3.05) is 52.7 Å². The first-order valence-corrected chi connectivity index (χ1v) is 13.9. The quantitative estimate of drug-likeness (QED) is 0.174. The summed E-state index contributed by atoms with van der Waals surface area (Å²) in [6.45, 7) is 7.57. The van der Waals surface area contributed by atoms with Gasteiger partial charge >= 0.3 is 5.97 Å². The second kappa shape index (κ2) is 13.9. The molecule has 0 unspecified atom stereocenters. The Balaban J connectivity index is 1.31. The second-order valence-corrected chi connectivity index (χ2v) is 9.56. The van der Waals surface area contributed by atoms with E-state index < -0.39 is 0 Å². The first kappa shape index (κ1) is 27.6. The third-order valence-corrected chi connectivity index (χ3v) is 6.70. The fourth-order valence-corrected chi connectivity index (χ4v) is 4.58. The van der Waals surface area contributed by atoms with Gasteiger partial charge in [0.2, 0.25) is 5.88 Å². The third-order valence-electron chi connectivity index (χ3n) is 6.70. The highest BCUT2D eigenvalue weighted by molar-refractivity contribution is 5.87. The van der Waals surface area contributed by atoms with Crippen molar-refractivity contribution >= 4 is 16.7 Å². The van der Waals surface area contributed by atoms with Gasteiger partial charge in [0.15, 0.2) is 5.82 Å². The van der Waals surface area contributed by atoms with Crippen LogP contribution in [0.5, 0.6) is 11.6 Å². The van der Waals surface area contributed by atoms with Crippen LogP contribution in [0.3, 0.4) is 0 Å². The van der Waals surface area contributed by atoms with Crippen molar-refractivity contribution in [3.05, 3.63) is 72.8 Å². The Morgan fingerprint density at radius 3 is 2.50 bits per heavy atom. The molecule has 1 saturated heterocycles. The van der Waals surface area contributed by atoms with E-state index in [2.05, 4.69) is 29.2 Å². The summed E-state index contributed by atoms with van der Waals surface area (Å²) in [6.07, 6.45) is 0.854. The van der Waals surface area contributed by atoms with E-state index in [0.717, 1.165) is 66.2 Å². The van der Waals surface area contributed by atoms with Crippen LogP contribution in [0.2, 0.25) is 0 Å². The number of carbonyl (C=O) groups is 1. The maximum atomic E-state index is 11.7. The number of hydrogen-bond acceptors (Lipinski definition) is 8. The molecular formula is C32H35N3O5. The van der Waals surface area contributed by atoms with Gasteiger partial charge < -0.3 is 18.9 Å². The van der Waals surface area contributed by atoms with E-state index in [-0.39, 0.29) is 5.97 Å². The lowest BCUT2D eigenvalue weighted by Crippen LogP contribution is -2.38. The van der Waals surface area contributed by atoms with Gasteiger partial charge in [0.25, 0.3) is 0 Å². The molecule has 208 valence electrons. The number of rotatable bonds is 12. The van der Waals surface area contributed by atoms with E-state index in [0.29, 0.717) is 44.4 Å². The van der Waals surface area contributed by atoms with E-state index in [9.17, 15) is 4.79 Å². The van der Waals surface area contributed by atoms with Crippen LogP contribution in [0.25, 0.3) is 33.4 Å². The highest BCUT2D eigenvalue weighted by Crippen LogP contribution is 2.29. The second-order valence-electron chi connectivity index (χ2n) is 9.56. The van der Waals surface area contributed by atoms with Crippen LogP contribution in [0, 0.1) is 0 Å². The average molecular weight is 542 g/mol. The molecule has 2 heterocycles. The number of benzene rings is 3. The third kappa shape index (κ3) is 7.55. The fraction of sp³-hybridized carbons (Fsp3) is 0.344. The summed E-state index contributed by atoms with van der Waals surface area (Å²) in [5.41, 5.74) is 2.64. The minimum atomic E-state index is -0.221. The Morgan fingerprint density at radius 1 is 0.875 bits per heavy atom. The molecule has 0 atom stereocenters. The number of esters is 1. The van der Waals surface area contributed by atoms with Crippen molar-refractivity contribution in [2.45, 2.75) is 19.8 Å². The minimum Gasteiger partial charge on any atom is -0.492 e. The molecule has 0 N–H and O–H groups in total. The summed E-state index contributed by atoms with van der Waals surface area (Å²) in [7, 11) is 0. The largest absolute Gasteiger partial charge is 0.492 e. The number of nitrogens with zero attached hydrogens (tertiary/aromatic N) is 3. The van der Waals surface area contributed by atoms with Crippen molar-refractivity contribution in [1.29, 1.82) is 0 Å². The molecule has 0 amide bonds. The zero-order chi connectivity index (χ0) is 27.6. The van der Waals surface area contributed by atoms with E-state index >= 15 is 0 Å². The smallest absolute Gasteiger partial charge is 0.305 e. The molecule has 1 aliphatic rings. The maximum Gasteiger partial charge on any atom is 0.305 e. The van der Waals surface area contributed by atoms with Crippen LogP contribution in [-0.2, 0) is 14.3 Å². The van der Waals surface area contributed by atoms with Gasteiger partial charge in [-0.15, -0.1) is 0 Å². The first-order chi connectivity index (χ1) is 19.7. The van der Waals surface area contributed by atoms with Crippen molar-refractivity contribution in [3.8, 4) is 34.3 Å². The standard InChI is InChI=1S/C32H35N3O5/c1-2-38-31(36)9-6-17-40-30-23-29(24-7-4-3-5-8-24)33-32(34-30)27-11-10-26-22-28(13-12-25(26)21-27)39-20-16-35-14-18-37-19-15-35/h3-5,7-8,10-13,21-23H,2,6,9,14-20H2,1H3. The molecule has 5 rings (SSSR count). The molecule has 40 heavy (non-hydrogen) atoms. The lowest BCUT2D eigenvalue weighted by Gasteiger charge is -2.26. The topological polar surface area (TPSA) is 83.0 Å². The molecule has 4 aromatic rings. The van der Waals surface area contributed by atoms with Crippen molar-refractivity contribution in [1.82, 2.24) is 14.9 Å². The zero-order valence-electron chi connectivity index (χ0n) is 22.9. The lowest BCUT2D eigenvalue weighted by molar-refractivity contribution is -0.143. The molecule has 8 nitrogen and oxygen atoms in total. The maximum absolute atomic E-state index is 11.7. The molecule has 1 fully saturated rings. The average Bonchev–Trinajstić information content (AvgIpc) is 3.00. The molecule has 0 aliphatic carbocycles. The van der Waals surface area contributed by atoms with E-state index in [4.69, 9.17) is 28.9 Å². The SMILES string of the molecule is CCOC(=O)CCCOc1cc(-c2ccccc2)nc(-c2ccc3cc(OCCN4CCOCC4)ccc3c2)n1. The molecule has 3 aromatic carbocycles. The van der Waals surface area contributed by atoms with Crippen LogP contribution >= 0.6 is 0 Å². The van der Waals surface area contributed by atoms with Crippen molar-refractivity contribution < 1.29 is 23.7 Å². The highest BCUT2D eigenvalue weighted by Gasteiger charge is 2.12. The predicted molar refractivity (Wildman–Crippen MR) is 155 cm³/mol. The zero-order valence-corrected chi connectivity index (χ0v) is 22.9. The fourth-order valence-electron chi connectivity index (χ4n) is 4.58. The lowest BCUT2D eigenvalue weighted by atomic mass is 10.1. The van der Waals surface area contributed by atoms with Crippen LogP contribution in [0.15, 0.2) is 72.8 Å². The highest BCUT2D eigenvalue weighted by atomic mass is 16.5. The van der Waals surface area contributed by atoms with E-state index in [1.807, 2.05) is 48.5 Å². The van der Waals surface area contributed by atoms with Gasteiger partial charge in [-0.05, 0) is 42.3 Å². The van der Waals surface area contributed by atoms with Crippen LogP contribution in [0.1, 0.15) is 19.8 Å². The number of ether oxygens (including phenoxy) is 4. The molecule has 0 radical (unpaired) electrons. The van der Waals surface area contributed by atoms with Gasteiger partial charge in [0, 0.05) is 43.2 Å². The van der Waals surface area contributed by atoms with Gasteiger partial charge in [-0.2, -0.15) is 4.98 Å². The van der Waals surface area contributed by atoms with Crippen LogP contribution in [0.4, 0.5) is 0 Å². The summed E-state index contributed by atoms with van der Waals surface area (Å²) >= 11 is 0. The summed E-state index contributed by atoms with van der Waals surface area (Å²) in [5.74, 6) is 1.68.